The Balaban J connectivity index is 3.30. The molecular weight excluding hydrogens is 285 g/mol. The summed E-state index contributed by atoms with van der Waals surface area (Å²) < 4.78 is 69.5. The van der Waals surface area contributed by atoms with E-state index in [1.54, 1.807) is 0 Å². The van der Waals surface area contributed by atoms with Crippen molar-refractivity contribution in [3.63, 3.8) is 0 Å². The number of hydrogen-bond acceptors (Lipinski definition) is 3. The smallest absolute Gasteiger partial charge is 0.491 e. The Labute approximate surface area is 103 Å². The average Bonchev–Trinajstić information content (AvgIpc) is 2.25. The van der Waals surface area contributed by atoms with Crippen LogP contribution >= 0.6 is 11.6 Å². The van der Waals surface area contributed by atoms with Crippen molar-refractivity contribution in [2.75, 3.05) is 7.11 Å². The fraction of sp³-hybridized carbons (Fsp3) is 0.444. The van der Waals surface area contributed by atoms with E-state index in [4.69, 9.17) is 11.6 Å². The highest BCUT2D eigenvalue weighted by Crippen LogP contribution is 2.38. The zero-order valence-electron chi connectivity index (χ0n) is 8.89. The summed E-state index contributed by atoms with van der Waals surface area (Å²) in [6.07, 6.45) is -7.36. The standard InChI is InChI=1S/C9H7ClF5NO2/c1-17-6-4(2-10)5(7(11)12)3-16-8(6)18-9(13,14)15/h3,7H,2H2,1H3. The minimum atomic E-state index is -5.00. The van der Waals surface area contributed by atoms with Gasteiger partial charge in [0.1, 0.15) is 0 Å². The highest BCUT2D eigenvalue weighted by atomic mass is 35.5. The number of hydrogen-bond donors (Lipinski definition) is 0. The summed E-state index contributed by atoms with van der Waals surface area (Å²) in [6, 6.07) is 0. The van der Waals surface area contributed by atoms with E-state index in [0.29, 0.717) is 6.20 Å². The molecule has 0 N–H and O–H groups in total. The number of ether oxygens (including phenoxy) is 2. The summed E-state index contributed by atoms with van der Waals surface area (Å²) in [5.74, 6) is -1.97. The first-order valence-corrected chi connectivity index (χ1v) is 4.99. The third-order valence-electron chi connectivity index (χ3n) is 1.92. The van der Waals surface area contributed by atoms with Gasteiger partial charge in [0.05, 0.1) is 13.0 Å². The number of pyridine rings is 1. The van der Waals surface area contributed by atoms with Crippen molar-refractivity contribution in [1.29, 1.82) is 0 Å². The minimum Gasteiger partial charge on any atom is -0.491 e. The first kappa shape index (κ1) is 14.7. The van der Waals surface area contributed by atoms with Gasteiger partial charge in [0.2, 0.25) is 0 Å². The maximum Gasteiger partial charge on any atom is 0.574 e. The van der Waals surface area contributed by atoms with Crippen LogP contribution in [0.4, 0.5) is 22.0 Å². The summed E-state index contributed by atoms with van der Waals surface area (Å²) in [5, 5.41) is 0. The topological polar surface area (TPSA) is 31.4 Å². The fourth-order valence-electron chi connectivity index (χ4n) is 1.24. The second kappa shape index (κ2) is 5.55. The van der Waals surface area contributed by atoms with Crippen molar-refractivity contribution >= 4 is 11.6 Å². The molecule has 0 fully saturated rings. The van der Waals surface area contributed by atoms with E-state index >= 15 is 0 Å². The van der Waals surface area contributed by atoms with Gasteiger partial charge in [0.25, 0.3) is 12.3 Å². The van der Waals surface area contributed by atoms with Gasteiger partial charge in [-0.05, 0) is 0 Å². The SMILES string of the molecule is COc1c(OC(F)(F)F)ncc(C(F)F)c1CCl. The van der Waals surface area contributed by atoms with Crippen molar-refractivity contribution in [3.8, 4) is 11.6 Å². The van der Waals surface area contributed by atoms with Crippen LogP contribution in [-0.4, -0.2) is 18.5 Å². The summed E-state index contributed by atoms with van der Waals surface area (Å²) in [4.78, 5) is 3.16. The van der Waals surface area contributed by atoms with Gasteiger partial charge in [-0.25, -0.2) is 13.8 Å². The van der Waals surface area contributed by atoms with Gasteiger partial charge in [-0.1, -0.05) is 0 Å². The summed E-state index contributed by atoms with van der Waals surface area (Å²) >= 11 is 5.43. The highest BCUT2D eigenvalue weighted by Gasteiger charge is 2.34. The van der Waals surface area contributed by atoms with E-state index in [1.807, 2.05) is 0 Å². The Hall–Kier alpha value is -1.31. The molecule has 0 radical (unpaired) electrons. The number of nitrogens with zero attached hydrogens (tertiary/aromatic N) is 1. The van der Waals surface area contributed by atoms with Crippen molar-refractivity contribution in [2.45, 2.75) is 18.7 Å². The molecule has 1 rings (SSSR count). The molecule has 0 amide bonds. The first-order valence-electron chi connectivity index (χ1n) is 4.45. The molecule has 0 spiro atoms. The second-order valence-corrected chi connectivity index (χ2v) is 3.28. The summed E-state index contributed by atoms with van der Waals surface area (Å²) in [7, 11) is 1.01. The van der Waals surface area contributed by atoms with Gasteiger partial charge in [-0.3, -0.25) is 0 Å². The molecule has 1 aromatic heterocycles. The van der Waals surface area contributed by atoms with Crippen molar-refractivity contribution in [2.24, 2.45) is 0 Å². The lowest BCUT2D eigenvalue weighted by Gasteiger charge is -2.16. The van der Waals surface area contributed by atoms with Crippen molar-refractivity contribution < 1.29 is 31.4 Å². The Morgan fingerprint density at radius 2 is 2.00 bits per heavy atom. The van der Waals surface area contributed by atoms with E-state index < -0.39 is 35.9 Å². The van der Waals surface area contributed by atoms with E-state index in [1.165, 1.54) is 0 Å². The van der Waals surface area contributed by atoms with Crippen LogP contribution in [-0.2, 0) is 5.88 Å². The Bertz CT molecular complexity index is 424. The van der Waals surface area contributed by atoms with Gasteiger partial charge in [-0.15, -0.1) is 24.8 Å². The minimum absolute atomic E-state index is 0.289. The predicted octanol–water partition coefficient (Wildman–Crippen LogP) is 3.67. The van der Waals surface area contributed by atoms with Crippen molar-refractivity contribution in [1.82, 2.24) is 4.98 Å². The maximum absolute atomic E-state index is 12.6. The molecule has 0 atom stereocenters. The summed E-state index contributed by atoms with van der Waals surface area (Å²) in [6.45, 7) is 0. The van der Waals surface area contributed by atoms with E-state index in [0.717, 1.165) is 7.11 Å². The molecule has 3 nitrogen and oxygen atoms in total. The molecular formula is C9H7ClF5NO2. The lowest BCUT2D eigenvalue weighted by molar-refractivity contribution is -0.276. The maximum atomic E-state index is 12.6. The number of halogens is 6. The van der Waals surface area contributed by atoms with E-state index in [2.05, 4.69) is 14.5 Å². The van der Waals surface area contributed by atoms with Crippen LogP contribution in [0.5, 0.6) is 11.6 Å². The molecule has 0 bridgehead atoms. The number of rotatable bonds is 4. The molecule has 1 aromatic rings. The van der Waals surface area contributed by atoms with Gasteiger partial charge in [0, 0.05) is 17.3 Å². The fourth-order valence-corrected chi connectivity index (χ4v) is 1.52. The van der Waals surface area contributed by atoms with Crippen molar-refractivity contribution in [3.05, 3.63) is 17.3 Å². The molecule has 0 aromatic carbocycles. The largest absolute Gasteiger partial charge is 0.574 e. The molecule has 0 unspecified atom stereocenters. The third kappa shape index (κ3) is 3.34. The number of alkyl halides is 6. The molecule has 102 valence electrons. The molecule has 0 aliphatic heterocycles. The van der Waals surface area contributed by atoms with Crippen LogP contribution in [0.1, 0.15) is 17.6 Å². The number of methoxy groups -OCH3 is 1. The second-order valence-electron chi connectivity index (χ2n) is 3.01. The Kier molecular flexibility index (Phi) is 4.55. The predicted molar refractivity (Wildman–Crippen MR) is 52.0 cm³/mol. The van der Waals surface area contributed by atoms with Crippen LogP contribution in [0.2, 0.25) is 0 Å². The molecule has 0 saturated carbocycles. The quantitative estimate of drug-likeness (QED) is 0.626. The lowest BCUT2D eigenvalue weighted by atomic mass is 10.1. The molecule has 9 heteroatoms. The Morgan fingerprint density at radius 3 is 2.39 bits per heavy atom. The van der Waals surface area contributed by atoms with E-state index in [-0.39, 0.29) is 5.56 Å². The average molecular weight is 292 g/mol. The van der Waals surface area contributed by atoms with Gasteiger partial charge in [0.15, 0.2) is 5.75 Å². The molecule has 0 aliphatic carbocycles. The monoisotopic (exact) mass is 291 g/mol. The lowest BCUT2D eigenvalue weighted by Crippen LogP contribution is -2.19. The molecule has 1 heterocycles. The van der Waals surface area contributed by atoms with Crippen LogP contribution in [0.3, 0.4) is 0 Å². The highest BCUT2D eigenvalue weighted by molar-refractivity contribution is 6.17. The van der Waals surface area contributed by atoms with Gasteiger partial charge in [-0.2, -0.15) is 0 Å². The van der Waals surface area contributed by atoms with Crippen LogP contribution in [0.25, 0.3) is 0 Å². The molecule has 0 aliphatic rings. The van der Waals surface area contributed by atoms with Gasteiger partial charge >= 0.3 is 6.36 Å². The zero-order chi connectivity index (χ0) is 13.9. The van der Waals surface area contributed by atoms with Gasteiger partial charge < -0.3 is 9.47 Å². The third-order valence-corrected chi connectivity index (χ3v) is 2.19. The van der Waals surface area contributed by atoms with Crippen LogP contribution in [0.15, 0.2) is 6.20 Å². The summed E-state index contributed by atoms with van der Waals surface area (Å²) in [5.41, 5.74) is -0.889. The normalized spacial score (nSPS) is 11.8. The van der Waals surface area contributed by atoms with E-state index in [9.17, 15) is 22.0 Å². The van der Waals surface area contributed by atoms with Crippen LogP contribution in [0, 0.1) is 0 Å². The molecule has 0 saturated heterocycles. The molecule has 18 heavy (non-hydrogen) atoms. The number of aromatic nitrogens is 1. The van der Waals surface area contributed by atoms with Crippen LogP contribution < -0.4 is 9.47 Å². The zero-order valence-corrected chi connectivity index (χ0v) is 9.65. The first-order chi connectivity index (χ1) is 8.30. The Morgan fingerprint density at radius 1 is 1.39 bits per heavy atom.